The summed E-state index contributed by atoms with van der Waals surface area (Å²) in [6.07, 6.45) is 2.59. The normalized spacial score (nSPS) is 14.0. The zero-order valence-electron chi connectivity index (χ0n) is 12.5. The number of nitrogens with zero attached hydrogens (tertiary/aromatic N) is 3. The third-order valence-corrected chi connectivity index (χ3v) is 5.94. The summed E-state index contributed by atoms with van der Waals surface area (Å²) in [4.78, 5) is 4.12. The second-order valence-electron chi connectivity index (χ2n) is 5.11. The molecule has 0 aliphatic rings. The number of imidazole rings is 1. The summed E-state index contributed by atoms with van der Waals surface area (Å²) in [5.41, 5.74) is 0.528. The van der Waals surface area contributed by atoms with Crippen LogP contribution < -0.4 is 0 Å². The number of sulfonamides is 1. The molecule has 2 aromatic rings. The Labute approximate surface area is 130 Å². The molecule has 0 spiro atoms. The van der Waals surface area contributed by atoms with E-state index in [1.807, 2.05) is 20.8 Å². The van der Waals surface area contributed by atoms with Crippen molar-refractivity contribution in [2.75, 3.05) is 13.1 Å². The number of hydrogen-bond donors (Lipinski definition) is 0. The lowest BCUT2D eigenvalue weighted by atomic mass is 10.1. The van der Waals surface area contributed by atoms with Crippen LogP contribution in [-0.2, 0) is 10.0 Å². The molecule has 116 valence electrons. The topological polar surface area (TPSA) is 54.7 Å². The van der Waals surface area contributed by atoms with Gasteiger partial charge >= 0.3 is 0 Å². The zero-order chi connectivity index (χ0) is 15.6. The van der Waals surface area contributed by atoms with Crippen molar-refractivity contribution >= 4 is 27.3 Å². The van der Waals surface area contributed by atoms with Crippen LogP contribution >= 0.6 is 11.6 Å². The minimum atomic E-state index is -3.67. The van der Waals surface area contributed by atoms with Gasteiger partial charge < -0.3 is 0 Å². The summed E-state index contributed by atoms with van der Waals surface area (Å²) < 4.78 is 28.8. The maximum absolute atomic E-state index is 12.9. The van der Waals surface area contributed by atoms with Crippen molar-refractivity contribution in [3.63, 3.8) is 0 Å². The molecule has 0 amide bonds. The second-order valence-corrected chi connectivity index (χ2v) is 7.32. The molecule has 7 heteroatoms. The molecule has 21 heavy (non-hydrogen) atoms. The Balaban J connectivity index is 2.52. The molecule has 0 radical (unpaired) electrons. The van der Waals surface area contributed by atoms with Gasteiger partial charge in [0.1, 0.15) is 5.65 Å². The van der Waals surface area contributed by atoms with Crippen LogP contribution in [-0.4, -0.2) is 35.2 Å². The van der Waals surface area contributed by atoms with Crippen LogP contribution in [0.2, 0.25) is 5.15 Å². The molecule has 1 unspecified atom stereocenters. The van der Waals surface area contributed by atoms with Crippen molar-refractivity contribution in [2.24, 2.45) is 5.92 Å². The van der Waals surface area contributed by atoms with Gasteiger partial charge in [0, 0.05) is 19.3 Å². The molecule has 2 heterocycles. The van der Waals surface area contributed by atoms with Gasteiger partial charge in [-0.15, -0.1) is 0 Å². The highest BCUT2D eigenvalue weighted by molar-refractivity contribution is 7.89. The average Bonchev–Trinajstić information content (AvgIpc) is 2.80. The molecule has 5 nitrogen and oxygen atoms in total. The van der Waals surface area contributed by atoms with Gasteiger partial charge in [0.05, 0.1) is 0 Å². The number of aromatic nitrogens is 2. The van der Waals surface area contributed by atoms with Crippen LogP contribution in [0, 0.1) is 5.92 Å². The molecule has 1 atom stereocenters. The number of hydrogen-bond acceptors (Lipinski definition) is 3. The molecule has 0 aromatic carbocycles. The summed E-state index contributed by atoms with van der Waals surface area (Å²) in [6.45, 7) is 6.80. The maximum Gasteiger partial charge on any atom is 0.262 e. The van der Waals surface area contributed by atoms with Crippen LogP contribution in [0.4, 0.5) is 0 Å². The minimum absolute atomic E-state index is 0.0174. The first-order valence-corrected chi connectivity index (χ1v) is 8.86. The molecule has 0 bridgehead atoms. The van der Waals surface area contributed by atoms with Gasteiger partial charge in [-0.25, -0.2) is 13.4 Å². The van der Waals surface area contributed by atoms with E-state index in [9.17, 15) is 8.42 Å². The first kappa shape index (κ1) is 16.3. The molecule has 0 fully saturated rings. The van der Waals surface area contributed by atoms with Crippen molar-refractivity contribution in [1.29, 1.82) is 0 Å². The lowest BCUT2D eigenvalue weighted by Gasteiger charge is -2.23. The van der Waals surface area contributed by atoms with E-state index < -0.39 is 10.0 Å². The largest absolute Gasteiger partial charge is 0.288 e. The lowest BCUT2D eigenvalue weighted by Crippen LogP contribution is -2.35. The van der Waals surface area contributed by atoms with Crippen LogP contribution in [0.25, 0.3) is 5.65 Å². The summed E-state index contributed by atoms with van der Waals surface area (Å²) in [5.74, 6) is 0.290. The fraction of sp³-hybridized carbons (Fsp3) is 0.500. The average molecular weight is 330 g/mol. The van der Waals surface area contributed by atoms with Crippen molar-refractivity contribution < 1.29 is 8.42 Å². The molecule has 0 aliphatic carbocycles. The Bertz CT molecular complexity index is 727. The molecule has 0 saturated heterocycles. The van der Waals surface area contributed by atoms with E-state index in [2.05, 4.69) is 4.98 Å². The zero-order valence-corrected chi connectivity index (χ0v) is 14.0. The quantitative estimate of drug-likeness (QED) is 0.818. The molecule has 0 aliphatic heterocycles. The first-order chi connectivity index (χ1) is 9.91. The summed E-state index contributed by atoms with van der Waals surface area (Å²) in [7, 11) is -3.67. The van der Waals surface area contributed by atoms with Gasteiger partial charge in [0.25, 0.3) is 10.0 Å². The van der Waals surface area contributed by atoms with Crippen molar-refractivity contribution in [1.82, 2.24) is 13.7 Å². The third-order valence-electron chi connectivity index (χ3n) is 3.60. The Morgan fingerprint density at radius 1 is 1.38 bits per heavy atom. The predicted octanol–water partition coefficient (Wildman–Crippen LogP) is 3.04. The van der Waals surface area contributed by atoms with Gasteiger partial charge in [0.2, 0.25) is 0 Å². The van der Waals surface area contributed by atoms with E-state index in [0.29, 0.717) is 18.7 Å². The highest BCUT2D eigenvalue weighted by atomic mass is 35.5. The standard InChI is InChI=1S/C14H20ClN3O2S/c1-4-11(3)10-17(5-2)21(19,20)14-13(15)16-12-8-6-7-9-18(12)14/h6-9,11H,4-5,10H2,1-3H3. The number of pyridine rings is 1. The van der Waals surface area contributed by atoms with Crippen molar-refractivity contribution in [3.05, 3.63) is 29.5 Å². The van der Waals surface area contributed by atoms with E-state index in [1.165, 1.54) is 8.71 Å². The van der Waals surface area contributed by atoms with Crippen molar-refractivity contribution in [3.8, 4) is 0 Å². The van der Waals surface area contributed by atoms with E-state index in [4.69, 9.17) is 11.6 Å². The predicted molar refractivity (Wildman–Crippen MR) is 84.1 cm³/mol. The van der Waals surface area contributed by atoms with Crippen molar-refractivity contribution in [2.45, 2.75) is 32.2 Å². The van der Waals surface area contributed by atoms with Gasteiger partial charge in [-0.2, -0.15) is 4.31 Å². The van der Waals surface area contributed by atoms with E-state index >= 15 is 0 Å². The Kier molecular flexibility index (Phi) is 4.91. The molecule has 2 rings (SSSR count). The lowest BCUT2D eigenvalue weighted by molar-refractivity contribution is 0.360. The third kappa shape index (κ3) is 3.07. The first-order valence-electron chi connectivity index (χ1n) is 7.04. The molecular weight excluding hydrogens is 310 g/mol. The summed E-state index contributed by atoms with van der Waals surface area (Å²) in [5, 5.41) is 0.0636. The SMILES string of the molecule is CCC(C)CN(CC)S(=O)(=O)c1c(Cl)nc2ccccn12. The van der Waals surface area contributed by atoms with Gasteiger partial charge in [-0.1, -0.05) is 44.9 Å². The molecule has 0 N–H and O–H groups in total. The van der Waals surface area contributed by atoms with E-state index in [1.54, 1.807) is 24.4 Å². The Hall–Kier alpha value is -1.11. The van der Waals surface area contributed by atoms with E-state index in [-0.39, 0.29) is 16.1 Å². The molecule has 2 aromatic heterocycles. The number of rotatable bonds is 6. The Morgan fingerprint density at radius 2 is 2.10 bits per heavy atom. The van der Waals surface area contributed by atoms with Crippen LogP contribution in [0.1, 0.15) is 27.2 Å². The maximum atomic E-state index is 12.9. The Morgan fingerprint density at radius 3 is 2.71 bits per heavy atom. The van der Waals surface area contributed by atoms with Gasteiger partial charge in [-0.05, 0) is 18.1 Å². The highest BCUT2D eigenvalue weighted by Crippen LogP contribution is 2.26. The fourth-order valence-corrected chi connectivity index (χ4v) is 4.34. The van der Waals surface area contributed by atoms with Crippen LogP contribution in [0.5, 0.6) is 0 Å². The molecular formula is C14H20ClN3O2S. The fourth-order valence-electron chi connectivity index (χ4n) is 2.17. The minimum Gasteiger partial charge on any atom is -0.288 e. The van der Waals surface area contributed by atoms with Crippen LogP contribution in [0.3, 0.4) is 0 Å². The monoisotopic (exact) mass is 329 g/mol. The molecule has 0 saturated carbocycles. The number of fused-ring (bicyclic) bond motifs is 1. The van der Waals surface area contributed by atoms with E-state index in [0.717, 1.165) is 6.42 Å². The van der Waals surface area contributed by atoms with Crippen LogP contribution in [0.15, 0.2) is 29.4 Å². The smallest absolute Gasteiger partial charge is 0.262 e. The second kappa shape index (κ2) is 6.34. The van der Waals surface area contributed by atoms with Gasteiger partial charge in [-0.3, -0.25) is 4.40 Å². The summed E-state index contributed by atoms with van der Waals surface area (Å²) >= 11 is 6.09. The van der Waals surface area contributed by atoms with Gasteiger partial charge in [0.15, 0.2) is 10.2 Å². The summed E-state index contributed by atoms with van der Waals surface area (Å²) in [6, 6.07) is 5.29. The highest BCUT2D eigenvalue weighted by Gasteiger charge is 2.30. The number of halogens is 1.